The normalized spacial score (nSPS) is 16.9. The van der Waals surface area contributed by atoms with Crippen molar-refractivity contribution in [2.45, 2.75) is 26.2 Å². The van der Waals surface area contributed by atoms with Gasteiger partial charge < -0.3 is 10.6 Å². The van der Waals surface area contributed by atoms with Gasteiger partial charge in [-0.1, -0.05) is 36.2 Å². The first-order valence-electron chi connectivity index (χ1n) is 6.90. The smallest absolute Gasteiger partial charge is 0.224 e. The van der Waals surface area contributed by atoms with Gasteiger partial charge in [0.1, 0.15) is 0 Å². The highest BCUT2D eigenvalue weighted by molar-refractivity contribution is 6.36. The number of piperidine rings is 1. The van der Waals surface area contributed by atoms with Crippen molar-refractivity contribution in [3.05, 3.63) is 33.8 Å². The maximum absolute atomic E-state index is 12.1. The average molecular weight is 352 g/mol. The summed E-state index contributed by atoms with van der Waals surface area (Å²) in [5.74, 6) is -0.0280. The quantitative estimate of drug-likeness (QED) is 0.872. The second-order valence-electron chi connectivity index (χ2n) is 5.71. The fourth-order valence-electron chi connectivity index (χ4n) is 2.44. The van der Waals surface area contributed by atoms with E-state index in [1.807, 2.05) is 0 Å². The molecule has 3 nitrogen and oxygen atoms in total. The molecule has 2 rings (SSSR count). The summed E-state index contributed by atoms with van der Waals surface area (Å²) < 4.78 is 0. The first kappa shape index (κ1) is 18.6. The summed E-state index contributed by atoms with van der Waals surface area (Å²) in [6.07, 6.45) is 2.40. The van der Waals surface area contributed by atoms with Gasteiger partial charge in [0, 0.05) is 16.6 Å². The molecule has 1 aromatic rings. The fraction of sp³-hybridized carbons (Fsp3) is 0.533. The number of carbonyl (C=O) groups is 1. The van der Waals surface area contributed by atoms with Gasteiger partial charge in [-0.25, -0.2) is 0 Å². The minimum atomic E-state index is -0.0280. The molecule has 118 valence electrons. The lowest BCUT2D eigenvalue weighted by atomic mass is 9.81. The molecular formula is C15H21Cl3N2O. The molecule has 1 fully saturated rings. The standard InChI is InChI=1S/C15H20Cl2N2O.ClH/c1-15(5-7-18-8-6-15)10-19-14(20)9-11-12(16)3-2-4-13(11)17;/h2-4,18H,5-10H2,1H3,(H,19,20);1H. The van der Waals surface area contributed by atoms with Crippen molar-refractivity contribution in [2.75, 3.05) is 19.6 Å². The first-order valence-corrected chi connectivity index (χ1v) is 7.66. The van der Waals surface area contributed by atoms with E-state index in [0.29, 0.717) is 22.2 Å². The lowest BCUT2D eigenvalue weighted by Gasteiger charge is -2.34. The number of amides is 1. The van der Waals surface area contributed by atoms with E-state index in [1.165, 1.54) is 0 Å². The molecule has 0 saturated carbocycles. The highest BCUT2D eigenvalue weighted by Gasteiger charge is 2.27. The van der Waals surface area contributed by atoms with Gasteiger partial charge in [0.05, 0.1) is 6.42 Å². The van der Waals surface area contributed by atoms with E-state index in [0.717, 1.165) is 25.9 Å². The predicted molar refractivity (Wildman–Crippen MR) is 90.6 cm³/mol. The second kappa shape index (κ2) is 8.23. The molecule has 1 aromatic carbocycles. The topological polar surface area (TPSA) is 41.1 Å². The minimum absolute atomic E-state index is 0. The second-order valence-corrected chi connectivity index (χ2v) is 6.53. The van der Waals surface area contributed by atoms with E-state index >= 15 is 0 Å². The van der Waals surface area contributed by atoms with Crippen LogP contribution in [0.1, 0.15) is 25.3 Å². The van der Waals surface area contributed by atoms with Gasteiger partial charge >= 0.3 is 0 Å². The Morgan fingerprint density at radius 1 is 1.29 bits per heavy atom. The molecule has 0 unspecified atom stereocenters. The van der Waals surface area contributed by atoms with Crippen molar-refractivity contribution in [3.8, 4) is 0 Å². The van der Waals surface area contributed by atoms with Crippen molar-refractivity contribution in [1.29, 1.82) is 0 Å². The monoisotopic (exact) mass is 350 g/mol. The number of nitrogens with one attached hydrogen (secondary N) is 2. The molecule has 0 spiro atoms. The van der Waals surface area contributed by atoms with Crippen LogP contribution in [0.5, 0.6) is 0 Å². The zero-order chi connectivity index (χ0) is 14.6. The largest absolute Gasteiger partial charge is 0.355 e. The molecule has 0 bridgehead atoms. The van der Waals surface area contributed by atoms with Crippen LogP contribution in [0, 0.1) is 5.41 Å². The van der Waals surface area contributed by atoms with Crippen LogP contribution in [-0.2, 0) is 11.2 Å². The van der Waals surface area contributed by atoms with E-state index in [1.54, 1.807) is 18.2 Å². The number of carbonyl (C=O) groups excluding carboxylic acids is 1. The Bertz CT molecular complexity index is 468. The van der Waals surface area contributed by atoms with E-state index in [-0.39, 0.29) is 30.2 Å². The van der Waals surface area contributed by atoms with Crippen molar-refractivity contribution < 1.29 is 4.79 Å². The molecule has 2 N–H and O–H groups in total. The van der Waals surface area contributed by atoms with Crippen LogP contribution >= 0.6 is 35.6 Å². The third-order valence-electron chi connectivity index (χ3n) is 3.92. The molecule has 0 aliphatic carbocycles. The van der Waals surface area contributed by atoms with Crippen molar-refractivity contribution in [2.24, 2.45) is 5.41 Å². The summed E-state index contributed by atoms with van der Waals surface area (Å²) in [6, 6.07) is 5.29. The number of rotatable bonds is 4. The molecule has 21 heavy (non-hydrogen) atoms. The fourth-order valence-corrected chi connectivity index (χ4v) is 2.97. The molecule has 1 aliphatic heterocycles. The van der Waals surface area contributed by atoms with Crippen LogP contribution in [0.25, 0.3) is 0 Å². The first-order chi connectivity index (χ1) is 9.50. The Balaban J connectivity index is 0.00000220. The van der Waals surface area contributed by atoms with Crippen LogP contribution < -0.4 is 10.6 Å². The Morgan fingerprint density at radius 3 is 2.43 bits per heavy atom. The summed E-state index contributed by atoms with van der Waals surface area (Å²) >= 11 is 12.2. The maximum Gasteiger partial charge on any atom is 0.224 e. The van der Waals surface area contributed by atoms with Crippen molar-refractivity contribution in [3.63, 3.8) is 0 Å². The minimum Gasteiger partial charge on any atom is -0.355 e. The van der Waals surface area contributed by atoms with Crippen molar-refractivity contribution >= 4 is 41.5 Å². The van der Waals surface area contributed by atoms with Crippen LogP contribution in [0.15, 0.2) is 18.2 Å². The summed E-state index contributed by atoms with van der Waals surface area (Å²) in [7, 11) is 0. The molecule has 1 amide bonds. The lowest BCUT2D eigenvalue weighted by Crippen LogP contribution is -2.43. The van der Waals surface area contributed by atoms with Gasteiger partial charge in [-0.15, -0.1) is 12.4 Å². The highest BCUT2D eigenvalue weighted by atomic mass is 35.5. The number of benzene rings is 1. The Labute approximate surface area is 142 Å². The zero-order valence-electron chi connectivity index (χ0n) is 12.0. The molecule has 0 radical (unpaired) electrons. The molecule has 1 heterocycles. The Hall–Kier alpha value is -0.480. The summed E-state index contributed by atoms with van der Waals surface area (Å²) in [5.41, 5.74) is 0.884. The van der Waals surface area contributed by atoms with Crippen molar-refractivity contribution in [1.82, 2.24) is 10.6 Å². The third kappa shape index (κ3) is 5.33. The molecule has 0 aromatic heterocycles. The summed E-state index contributed by atoms with van der Waals surface area (Å²) in [4.78, 5) is 12.1. The number of hydrogen-bond donors (Lipinski definition) is 2. The van der Waals surface area contributed by atoms with Crippen LogP contribution in [0.4, 0.5) is 0 Å². The van der Waals surface area contributed by atoms with E-state index < -0.39 is 0 Å². The van der Waals surface area contributed by atoms with E-state index in [2.05, 4.69) is 17.6 Å². The molecule has 6 heteroatoms. The highest BCUT2D eigenvalue weighted by Crippen LogP contribution is 2.27. The van der Waals surface area contributed by atoms with Gasteiger partial charge in [-0.3, -0.25) is 4.79 Å². The zero-order valence-corrected chi connectivity index (χ0v) is 14.4. The van der Waals surface area contributed by atoms with Gasteiger partial charge in [-0.2, -0.15) is 0 Å². The number of halogens is 3. The van der Waals surface area contributed by atoms with E-state index in [4.69, 9.17) is 23.2 Å². The van der Waals surface area contributed by atoms with Crippen LogP contribution in [0.3, 0.4) is 0 Å². The van der Waals surface area contributed by atoms with Gasteiger partial charge in [0.25, 0.3) is 0 Å². The Morgan fingerprint density at radius 2 is 1.86 bits per heavy atom. The van der Waals surface area contributed by atoms with Gasteiger partial charge in [0.15, 0.2) is 0 Å². The van der Waals surface area contributed by atoms with Crippen LogP contribution in [0.2, 0.25) is 10.0 Å². The lowest BCUT2D eigenvalue weighted by molar-refractivity contribution is -0.121. The summed E-state index contributed by atoms with van der Waals surface area (Å²) in [6.45, 7) is 4.96. The molecular weight excluding hydrogens is 331 g/mol. The van der Waals surface area contributed by atoms with Gasteiger partial charge in [0.2, 0.25) is 5.91 Å². The SMILES string of the molecule is CC1(CNC(=O)Cc2c(Cl)cccc2Cl)CCNCC1.Cl. The molecule has 1 saturated heterocycles. The summed E-state index contributed by atoms with van der Waals surface area (Å²) in [5, 5.41) is 7.43. The van der Waals surface area contributed by atoms with Crippen LogP contribution in [-0.4, -0.2) is 25.5 Å². The Kier molecular flexibility index (Phi) is 7.28. The average Bonchev–Trinajstić information content (AvgIpc) is 2.42. The van der Waals surface area contributed by atoms with Gasteiger partial charge in [-0.05, 0) is 49.0 Å². The third-order valence-corrected chi connectivity index (χ3v) is 4.63. The van der Waals surface area contributed by atoms with E-state index in [9.17, 15) is 4.79 Å². The molecule has 1 aliphatic rings. The predicted octanol–water partition coefficient (Wildman–Crippen LogP) is 3.46. The maximum atomic E-state index is 12.1. The molecule has 0 atom stereocenters. The number of hydrogen-bond acceptors (Lipinski definition) is 2.